The van der Waals surface area contributed by atoms with E-state index in [2.05, 4.69) is 10.9 Å². The van der Waals surface area contributed by atoms with E-state index >= 15 is 0 Å². The van der Waals surface area contributed by atoms with Crippen LogP contribution in [0.15, 0.2) is 17.1 Å². The van der Waals surface area contributed by atoms with Gasteiger partial charge in [-0.2, -0.15) is 0 Å². The highest BCUT2D eigenvalue weighted by Crippen LogP contribution is 2.44. The molecule has 1 heterocycles. The number of hydrogen-bond acceptors (Lipinski definition) is 4. The molecule has 0 bridgehead atoms. The summed E-state index contributed by atoms with van der Waals surface area (Å²) in [6, 6.07) is 2.04. The Labute approximate surface area is 167 Å². The van der Waals surface area contributed by atoms with E-state index in [1.807, 2.05) is 0 Å². The summed E-state index contributed by atoms with van der Waals surface area (Å²) in [6.07, 6.45) is -0.739. The Balaban J connectivity index is 2.02. The van der Waals surface area contributed by atoms with Crippen molar-refractivity contribution >= 4 is 27.0 Å². The Morgan fingerprint density at radius 1 is 1.31 bits per heavy atom. The zero-order chi connectivity index (χ0) is 22.0. The first-order valence-electron chi connectivity index (χ1n) is 9.20. The van der Waals surface area contributed by atoms with E-state index in [1.54, 1.807) is 13.8 Å². The largest absolute Gasteiger partial charge is 0.386 e. The van der Waals surface area contributed by atoms with Crippen LogP contribution in [-0.2, 0) is 26.3 Å². The molecule has 3 rings (SSSR count). The van der Waals surface area contributed by atoms with Crippen molar-refractivity contribution in [3.63, 3.8) is 0 Å². The number of alkyl halides is 2. The maximum atomic E-state index is 14.7. The molecule has 3 atom stereocenters. The number of amidine groups is 1. The molecule has 160 valence electrons. The summed E-state index contributed by atoms with van der Waals surface area (Å²) < 4.78 is 68.1. The summed E-state index contributed by atoms with van der Waals surface area (Å²) >= 11 is 0. The quantitative estimate of drug-likeness (QED) is 0.587. The molecule has 0 spiro atoms. The second-order valence-electron chi connectivity index (χ2n) is 8.67. The molecule has 29 heavy (non-hydrogen) atoms. The number of nitrogens with zero attached hydrogens (tertiary/aromatic N) is 1. The second kappa shape index (κ2) is 6.55. The molecule has 9 heteroatoms. The van der Waals surface area contributed by atoms with Crippen LogP contribution in [0, 0.1) is 17.6 Å². The van der Waals surface area contributed by atoms with Gasteiger partial charge in [-0.3, -0.25) is 14.0 Å². The predicted octanol–water partition coefficient (Wildman–Crippen LogP) is 3.20. The third-order valence-corrected chi connectivity index (χ3v) is 9.24. The SMILES string of the molecule is C=S1(=O)C[C@@](C)(c2cc(CC(=O)C3CCC3(F)F)cc(F)c2F)N=C(N)C1(C)C. The molecule has 2 aliphatic rings. The molecule has 1 aliphatic heterocycles. The first-order valence-corrected chi connectivity index (χ1v) is 11.1. The van der Waals surface area contributed by atoms with Gasteiger partial charge in [-0.05, 0) is 60.3 Å². The molecule has 4 nitrogen and oxygen atoms in total. The lowest BCUT2D eigenvalue weighted by atomic mass is 9.76. The standard InChI is InChI=1S/C20H24F4N2O2S/c1-18(2)17(25)26-19(3,10-29(18,4)28)13-7-11(8-14(21)16(13)22)9-15(27)12-5-6-20(12,23)24/h7-8,12H,4-6,9-10H2,1-3H3,(H2,25,26)/t12?,19-,29?/m0/s1. The number of rotatable bonds is 4. The van der Waals surface area contributed by atoms with Crippen molar-refractivity contribution in [2.75, 3.05) is 5.75 Å². The minimum Gasteiger partial charge on any atom is -0.386 e. The van der Waals surface area contributed by atoms with E-state index in [9.17, 15) is 26.6 Å². The highest BCUT2D eigenvalue weighted by molar-refractivity contribution is 8.02. The van der Waals surface area contributed by atoms with Crippen LogP contribution in [-0.4, -0.2) is 38.1 Å². The van der Waals surface area contributed by atoms with Crippen LogP contribution in [0.4, 0.5) is 17.6 Å². The van der Waals surface area contributed by atoms with Gasteiger partial charge in [-0.25, -0.2) is 17.6 Å². The third kappa shape index (κ3) is 3.47. The Kier molecular flexibility index (Phi) is 4.92. The maximum Gasteiger partial charge on any atom is 0.257 e. The number of carbonyl (C=O) groups excluding carboxylic acids is 1. The van der Waals surface area contributed by atoms with Gasteiger partial charge in [0.05, 0.1) is 16.2 Å². The maximum absolute atomic E-state index is 14.7. The highest BCUT2D eigenvalue weighted by Gasteiger charge is 2.52. The van der Waals surface area contributed by atoms with Crippen LogP contribution in [0.3, 0.4) is 0 Å². The average molecular weight is 432 g/mol. The Bertz CT molecular complexity index is 1020. The van der Waals surface area contributed by atoms with Gasteiger partial charge in [0.2, 0.25) is 0 Å². The Morgan fingerprint density at radius 3 is 2.41 bits per heavy atom. The van der Waals surface area contributed by atoms with E-state index in [1.165, 1.54) is 13.0 Å². The lowest BCUT2D eigenvalue weighted by Gasteiger charge is -2.41. The fraction of sp³-hybridized carbons (Fsp3) is 0.550. The van der Waals surface area contributed by atoms with Crippen molar-refractivity contribution in [2.24, 2.45) is 16.6 Å². The van der Waals surface area contributed by atoms with Crippen molar-refractivity contribution < 1.29 is 26.6 Å². The van der Waals surface area contributed by atoms with Crippen LogP contribution in [0.2, 0.25) is 0 Å². The third-order valence-electron chi connectivity index (χ3n) is 6.14. The van der Waals surface area contributed by atoms with Crippen molar-refractivity contribution in [3.05, 3.63) is 34.9 Å². The monoisotopic (exact) mass is 432 g/mol. The summed E-state index contributed by atoms with van der Waals surface area (Å²) in [4.78, 5) is 16.5. The predicted molar refractivity (Wildman–Crippen MR) is 106 cm³/mol. The van der Waals surface area contributed by atoms with Crippen LogP contribution in [0.5, 0.6) is 0 Å². The van der Waals surface area contributed by atoms with Crippen LogP contribution in [0.1, 0.15) is 44.7 Å². The van der Waals surface area contributed by atoms with Gasteiger partial charge in [0.1, 0.15) is 11.6 Å². The number of aliphatic imine (C=N–C) groups is 1. The molecule has 2 N–H and O–H groups in total. The Hall–Kier alpha value is -1.90. The first kappa shape index (κ1) is 21.8. The molecule has 0 radical (unpaired) electrons. The number of benzene rings is 1. The lowest BCUT2D eigenvalue weighted by molar-refractivity contribution is -0.159. The van der Waals surface area contributed by atoms with Crippen LogP contribution < -0.4 is 5.73 Å². The van der Waals surface area contributed by atoms with Gasteiger partial charge >= 0.3 is 0 Å². The molecule has 2 unspecified atom stereocenters. The number of nitrogens with two attached hydrogens (primary N) is 1. The highest BCUT2D eigenvalue weighted by atomic mass is 32.2. The normalized spacial score (nSPS) is 32.9. The number of hydrogen-bond donors (Lipinski definition) is 1. The van der Waals surface area contributed by atoms with E-state index in [4.69, 9.17) is 5.73 Å². The molecule has 0 amide bonds. The molecule has 1 aromatic carbocycles. The van der Waals surface area contributed by atoms with Gasteiger partial charge in [0, 0.05) is 24.2 Å². The van der Waals surface area contributed by atoms with E-state index in [0.717, 1.165) is 6.07 Å². The number of ketones is 1. The summed E-state index contributed by atoms with van der Waals surface area (Å²) in [6.45, 7) is 4.70. The lowest BCUT2D eigenvalue weighted by Crippen LogP contribution is -2.54. The van der Waals surface area contributed by atoms with Gasteiger partial charge in [0.25, 0.3) is 5.92 Å². The van der Waals surface area contributed by atoms with Crippen LogP contribution >= 0.6 is 0 Å². The molecular formula is C20H24F4N2O2S. The summed E-state index contributed by atoms with van der Waals surface area (Å²) in [5.74, 6) is -4.06. The van der Waals surface area contributed by atoms with E-state index in [-0.39, 0.29) is 35.6 Å². The number of halogens is 4. The minimum absolute atomic E-state index is 0.00153. The second-order valence-corrected chi connectivity index (χ2v) is 11.6. The van der Waals surface area contributed by atoms with Crippen LogP contribution in [0.25, 0.3) is 0 Å². The molecule has 1 aliphatic carbocycles. The minimum atomic E-state index is -3.06. The molecule has 1 saturated carbocycles. The van der Waals surface area contributed by atoms with Crippen molar-refractivity contribution in [2.45, 2.75) is 56.2 Å². The molecule has 0 aromatic heterocycles. The summed E-state index contributed by atoms with van der Waals surface area (Å²) in [7, 11) is -2.87. The van der Waals surface area contributed by atoms with E-state index < -0.39 is 55.5 Å². The summed E-state index contributed by atoms with van der Waals surface area (Å²) in [5, 5.41) is 0. The topological polar surface area (TPSA) is 72.5 Å². The fourth-order valence-corrected chi connectivity index (χ4v) is 5.68. The Morgan fingerprint density at radius 2 is 1.93 bits per heavy atom. The van der Waals surface area contributed by atoms with Crippen molar-refractivity contribution in [1.29, 1.82) is 0 Å². The number of carbonyl (C=O) groups is 1. The molecule has 0 saturated heterocycles. The molecular weight excluding hydrogens is 408 g/mol. The van der Waals surface area contributed by atoms with Crippen molar-refractivity contribution in [1.82, 2.24) is 0 Å². The number of Topliss-reactive ketones (excluding diaryl/α,β-unsaturated/α-hetero) is 1. The van der Waals surface area contributed by atoms with Gasteiger partial charge in [-0.15, -0.1) is 0 Å². The van der Waals surface area contributed by atoms with Gasteiger partial charge in [0.15, 0.2) is 11.6 Å². The van der Waals surface area contributed by atoms with Gasteiger partial charge < -0.3 is 5.73 Å². The summed E-state index contributed by atoms with van der Waals surface area (Å²) in [5.41, 5.74) is 4.34. The fourth-order valence-electron chi connectivity index (χ4n) is 3.76. The first-order chi connectivity index (χ1) is 13.1. The smallest absolute Gasteiger partial charge is 0.257 e. The van der Waals surface area contributed by atoms with Crippen molar-refractivity contribution in [3.8, 4) is 0 Å². The zero-order valence-electron chi connectivity index (χ0n) is 16.5. The van der Waals surface area contributed by atoms with E-state index in [0.29, 0.717) is 0 Å². The molecule has 1 fully saturated rings. The molecule has 1 aromatic rings. The average Bonchev–Trinajstić information content (AvgIpc) is 2.54. The zero-order valence-corrected chi connectivity index (χ0v) is 17.3. The van der Waals surface area contributed by atoms with Gasteiger partial charge in [-0.1, -0.05) is 0 Å².